The third kappa shape index (κ3) is 4.11. The van der Waals surface area contributed by atoms with Crippen molar-refractivity contribution >= 4 is 28.3 Å². The number of nitrogens with zero attached hydrogens (tertiary/aromatic N) is 3. The van der Waals surface area contributed by atoms with E-state index in [9.17, 15) is 14.4 Å². The summed E-state index contributed by atoms with van der Waals surface area (Å²) in [6.45, 7) is 9.20. The van der Waals surface area contributed by atoms with Crippen LogP contribution in [0.1, 0.15) is 24.2 Å². The number of rotatable bonds is 5. The van der Waals surface area contributed by atoms with Crippen LogP contribution in [0.15, 0.2) is 52.1 Å². The summed E-state index contributed by atoms with van der Waals surface area (Å²) in [5.41, 5.74) is 1.94. The van der Waals surface area contributed by atoms with E-state index in [2.05, 4.69) is 27.0 Å². The summed E-state index contributed by atoms with van der Waals surface area (Å²) in [6, 6.07) is 12.8. The SMILES string of the molecule is CCN1CCN(c2ccccc2NC(=O)c2ccc3c(c2)[nH]c(=O)c(=O)n3CC)CC1. The van der Waals surface area contributed by atoms with Crippen molar-refractivity contribution < 1.29 is 4.79 Å². The molecule has 0 radical (unpaired) electrons. The number of H-pyrrole nitrogens is 1. The van der Waals surface area contributed by atoms with Crippen LogP contribution in [-0.4, -0.2) is 53.1 Å². The number of likely N-dealkylation sites (N-methyl/N-ethyl adjacent to an activating group) is 1. The summed E-state index contributed by atoms with van der Waals surface area (Å²) in [4.78, 5) is 44.3. The number of piperazine rings is 1. The minimum atomic E-state index is -0.691. The number of aromatic amines is 1. The van der Waals surface area contributed by atoms with E-state index in [0.717, 1.165) is 44.1 Å². The molecule has 8 nitrogen and oxygen atoms in total. The molecule has 0 aliphatic carbocycles. The predicted octanol–water partition coefficient (Wildman–Crippen LogP) is 2.10. The molecule has 3 aromatic rings. The molecule has 2 aromatic carbocycles. The molecule has 1 fully saturated rings. The van der Waals surface area contributed by atoms with Gasteiger partial charge < -0.3 is 24.7 Å². The number of hydrogen-bond donors (Lipinski definition) is 2. The highest BCUT2D eigenvalue weighted by Crippen LogP contribution is 2.27. The van der Waals surface area contributed by atoms with Gasteiger partial charge in [-0.3, -0.25) is 14.4 Å². The van der Waals surface area contributed by atoms with Gasteiger partial charge in [-0.05, 0) is 43.8 Å². The summed E-state index contributed by atoms with van der Waals surface area (Å²) < 4.78 is 1.40. The zero-order valence-corrected chi connectivity index (χ0v) is 17.9. The van der Waals surface area contributed by atoms with Crippen molar-refractivity contribution in [1.29, 1.82) is 0 Å². The number of aromatic nitrogens is 2. The van der Waals surface area contributed by atoms with Crippen LogP contribution in [0.5, 0.6) is 0 Å². The third-order valence-electron chi connectivity index (χ3n) is 5.87. The average Bonchev–Trinajstić information content (AvgIpc) is 2.80. The second kappa shape index (κ2) is 8.77. The summed E-state index contributed by atoms with van der Waals surface area (Å²) >= 11 is 0. The number of para-hydroxylation sites is 2. The van der Waals surface area contributed by atoms with E-state index in [1.54, 1.807) is 25.1 Å². The van der Waals surface area contributed by atoms with Gasteiger partial charge in [0, 0.05) is 38.3 Å². The van der Waals surface area contributed by atoms with Crippen molar-refractivity contribution in [2.24, 2.45) is 0 Å². The van der Waals surface area contributed by atoms with E-state index in [-0.39, 0.29) is 5.91 Å². The van der Waals surface area contributed by atoms with Crippen molar-refractivity contribution in [3.05, 3.63) is 68.7 Å². The minimum Gasteiger partial charge on any atom is -0.367 e. The maximum absolute atomic E-state index is 13.0. The van der Waals surface area contributed by atoms with Gasteiger partial charge in [0.1, 0.15) is 0 Å². The van der Waals surface area contributed by atoms with Gasteiger partial charge >= 0.3 is 11.1 Å². The largest absolute Gasteiger partial charge is 0.367 e. The van der Waals surface area contributed by atoms with E-state index < -0.39 is 11.1 Å². The highest BCUT2D eigenvalue weighted by atomic mass is 16.2. The van der Waals surface area contributed by atoms with Crippen molar-refractivity contribution in [3.8, 4) is 0 Å². The molecule has 1 aromatic heterocycles. The molecule has 0 spiro atoms. The second-order valence-electron chi connectivity index (χ2n) is 7.63. The lowest BCUT2D eigenvalue weighted by molar-refractivity contribution is 0.102. The smallest absolute Gasteiger partial charge is 0.316 e. The minimum absolute atomic E-state index is 0.267. The average molecular weight is 422 g/mol. The normalized spacial score (nSPS) is 14.7. The number of carbonyl (C=O) groups excluding carboxylic acids is 1. The van der Waals surface area contributed by atoms with Crippen LogP contribution in [0.4, 0.5) is 11.4 Å². The lowest BCUT2D eigenvalue weighted by Gasteiger charge is -2.36. The van der Waals surface area contributed by atoms with Crippen molar-refractivity contribution in [3.63, 3.8) is 0 Å². The number of hydrogen-bond acceptors (Lipinski definition) is 5. The molecule has 0 saturated carbocycles. The lowest BCUT2D eigenvalue weighted by atomic mass is 10.1. The Morgan fingerprint density at radius 2 is 1.74 bits per heavy atom. The molecule has 2 heterocycles. The van der Waals surface area contributed by atoms with Crippen molar-refractivity contribution in [2.75, 3.05) is 42.9 Å². The standard InChI is InChI=1S/C23H27N5O3/c1-3-26-11-13-27(14-12-26)19-8-6-5-7-17(19)24-21(29)16-9-10-20-18(15-16)25-22(30)23(31)28(20)4-2/h5-10,15H,3-4,11-14H2,1-2H3,(H,24,29)(H,25,30). The van der Waals surface area contributed by atoms with Gasteiger partial charge in [0.25, 0.3) is 5.91 Å². The van der Waals surface area contributed by atoms with E-state index >= 15 is 0 Å². The first-order valence-corrected chi connectivity index (χ1v) is 10.7. The zero-order valence-electron chi connectivity index (χ0n) is 17.9. The Morgan fingerprint density at radius 1 is 1.00 bits per heavy atom. The van der Waals surface area contributed by atoms with Crippen LogP contribution in [0, 0.1) is 0 Å². The Labute approximate surface area is 180 Å². The Morgan fingerprint density at radius 3 is 2.45 bits per heavy atom. The number of nitrogens with one attached hydrogen (secondary N) is 2. The van der Waals surface area contributed by atoms with Crippen LogP contribution in [0.2, 0.25) is 0 Å². The second-order valence-corrected chi connectivity index (χ2v) is 7.63. The van der Waals surface area contributed by atoms with Crippen LogP contribution < -0.4 is 21.3 Å². The number of anilines is 2. The first kappa shape index (κ1) is 20.9. The van der Waals surface area contributed by atoms with E-state index in [0.29, 0.717) is 23.1 Å². The van der Waals surface area contributed by atoms with Gasteiger partial charge in [-0.2, -0.15) is 0 Å². The van der Waals surface area contributed by atoms with Gasteiger partial charge in [0.2, 0.25) is 0 Å². The number of fused-ring (bicyclic) bond motifs is 1. The number of carbonyl (C=O) groups is 1. The Bertz CT molecular complexity index is 1220. The highest BCUT2D eigenvalue weighted by Gasteiger charge is 2.19. The van der Waals surface area contributed by atoms with Crippen LogP contribution in [0.3, 0.4) is 0 Å². The molecule has 162 valence electrons. The molecule has 0 atom stereocenters. The Hall–Kier alpha value is -3.39. The fourth-order valence-electron chi connectivity index (χ4n) is 4.09. The predicted molar refractivity (Wildman–Crippen MR) is 123 cm³/mol. The number of amides is 1. The highest BCUT2D eigenvalue weighted by molar-refractivity contribution is 6.07. The third-order valence-corrected chi connectivity index (χ3v) is 5.87. The first-order valence-electron chi connectivity index (χ1n) is 10.7. The molecule has 1 aliphatic heterocycles. The van der Waals surface area contributed by atoms with Crippen LogP contribution in [-0.2, 0) is 6.54 Å². The van der Waals surface area contributed by atoms with Crippen molar-refractivity contribution in [1.82, 2.24) is 14.5 Å². The summed E-state index contributed by atoms with van der Waals surface area (Å²) in [7, 11) is 0. The maximum atomic E-state index is 13.0. The van der Waals surface area contributed by atoms with E-state index in [1.807, 2.05) is 24.3 Å². The molecule has 0 unspecified atom stereocenters. The maximum Gasteiger partial charge on any atom is 0.316 e. The van der Waals surface area contributed by atoms with Crippen molar-refractivity contribution in [2.45, 2.75) is 20.4 Å². The molecule has 1 saturated heterocycles. The molecule has 8 heteroatoms. The summed E-state index contributed by atoms with van der Waals surface area (Å²) in [5.74, 6) is -0.267. The molecular weight excluding hydrogens is 394 g/mol. The fourth-order valence-corrected chi connectivity index (χ4v) is 4.09. The van der Waals surface area contributed by atoms with Gasteiger partial charge in [-0.15, -0.1) is 0 Å². The summed E-state index contributed by atoms with van der Waals surface area (Å²) in [6.07, 6.45) is 0. The number of aryl methyl sites for hydroxylation is 1. The Balaban J connectivity index is 1.61. The molecule has 4 rings (SSSR count). The van der Waals surface area contributed by atoms with Gasteiger partial charge in [0.15, 0.2) is 0 Å². The molecule has 1 amide bonds. The Kier molecular flexibility index (Phi) is 5.90. The van der Waals surface area contributed by atoms with Gasteiger partial charge in [-0.1, -0.05) is 19.1 Å². The fraction of sp³-hybridized carbons (Fsp3) is 0.348. The first-order chi connectivity index (χ1) is 15.0. The molecule has 1 aliphatic rings. The number of benzene rings is 2. The quantitative estimate of drug-likeness (QED) is 0.616. The van der Waals surface area contributed by atoms with Gasteiger partial charge in [0.05, 0.1) is 22.4 Å². The molecule has 0 bridgehead atoms. The van der Waals surface area contributed by atoms with Crippen LogP contribution >= 0.6 is 0 Å². The zero-order chi connectivity index (χ0) is 22.0. The topological polar surface area (TPSA) is 90.4 Å². The van der Waals surface area contributed by atoms with E-state index in [1.165, 1.54) is 4.57 Å². The molecule has 31 heavy (non-hydrogen) atoms. The van der Waals surface area contributed by atoms with Gasteiger partial charge in [-0.25, -0.2) is 0 Å². The lowest BCUT2D eigenvalue weighted by Crippen LogP contribution is -2.46. The van der Waals surface area contributed by atoms with E-state index in [4.69, 9.17) is 0 Å². The molecule has 2 N–H and O–H groups in total. The summed E-state index contributed by atoms with van der Waals surface area (Å²) in [5, 5.41) is 3.01. The molecular formula is C23H27N5O3. The van der Waals surface area contributed by atoms with Crippen LogP contribution in [0.25, 0.3) is 11.0 Å². The monoisotopic (exact) mass is 421 g/mol.